The lowest BCUT2D eigenvalue weighted by Gasteiger charge is -2.15. The van der Waals surface area contributed by atoms with E-state index < -0.39 is 16.6 Å². The number of ether oxygens (including phenoxy) is 1. The molecule has 2 N–H and O–H groups in total. The molecule has 1 atom stereocenters. The van der Waals surface area contributed by atoms with Crippen molar-refractivity contribution in [2.45, 2.75) is 19.9 Å². The molecule has 0 aliphatic rings. The van der Waals surface area contributed by atoms with Crippen molar-refractivity contribution in [2.75, 3.05) is 18.5 Å². The lowest BCUT2D eigenvalue weighted by Crippen LogP contribution is -2.21. The molecule has 1 unspecified atom stereocenters. The summed E-state index contributed by atoms with van der Waals surface area (Å²) in [6, 6.07) is 3.90. The third kappa shape index (κ3) is 4.22. The fourth-order valence-electron chi connectivity index (χ4n) is 1.57. The second kappa shape index (κ2) is 6.69. The Balaban J connectivity index is 2.90. The van der Waals surface area contributed by atoms with E-state index in [0.717, 1.165) is 0 Å². The van der Waals surface area contributed by atoms with Crippen LogP contribution in [0.1, 0.15) is 24.2 Å². The number of nitro benzene ring substituents is 1. The molecule has 104 valence electrons. The Bertz CT molecular complexity index is 475. The van der Waals surface area contributed by atoms with E-state index in [9.17, 15) is 14.9 Å². The maximum atomic E-state index is 10.9. The first kappa shape index (κ1) is 14.9. The van der Waals surface area contributed by atoms with Crippen LogP contribution < -0.4 is 5.32 Å². The van der Waals surface area contributed by atoms with Crippen LogP contribution in [0.25, 0.3) is 0 Å². The normalized spacial score (nSPS) is 11.9. The summed E-state index contributed by atoms with van der Waals surface area (Å²) in [6.45, 7) is 4.79. The van der Waals surface area contributed by atoms with Crippen LogP contribution in [-0.2, 0) is 4.74 Å². The summed E-state index contributed by atoms with van der Waals surface area (Å²) in [6.07, 6.45) is 0. The number of benzene rings is 1. The van der Waals surface area contributed by atoms with E-state index in [1.54, 1.807) is 0 Å². The van der Waals surface area contributed by atoms with Crippen molar-refractivity contribution < 1.29 is 19.6 Å². The molecule has 0 heterocycles. The molecule has 0 bridgehead atoms. The number of carboxylic acids is 1. The van der Waals surface area contributed by atoms with Gasteiger partial charge in [0, 0.05) is 24.4 Å². The molecule has 0 fully saturated rings. The van der Waals surface area contributed by atoms with Crippen molar-refractivity contribution in [1.29, 1.82) is 0 Å². The summed E-state index contributed by atoms with van der Waals surface area (Å²) in [5.74, 6) is -1.32. The van der Waals surface area contributed by atoms with Gasteiger partial charge < -0.3 is 15.2 Å². The molecule has 19 heavy (non-hydrogen) atoms. The van der Waals surface area contributed by atoms with Crippen LogP contribution in [0.3, 0.4) is 0 Å². The molecule has 0 aliphatic carbocycles. The maximum Gasteiger partial charge on any atom is 0.342 e. The van der Waals surface area contributed by atoms with Gasteiger partial charge in [-0.2, -0.15) is 0 Å². The van der Waals surface area contributed by atoms with Crippen molar-refractivity contribution in [3.05, 3.63) is 33.9 Å². The minimum atomic E-state index is -1.32. The van der Waals surface area contributed by atoms with Crippen molar-refractivity contribution in [3.63, 3.8) is 0 Å². The van der Waals surface area contributed by atoms with Gasteiger partial charge in [-0.1, -0.05) is 0 Å². The zero-order valence-corrected chi connectivity index (χ0v) is 10.8. The summed E-state index contributed by atoms with van der Waals surface area (Å²) in [5.41, 5.74) is -0.266. The molecule has 0 saturated heterocycles. The number of carboxylic acid groups (broad SMARTS) is 1. The van der Waals surface area contributed by atoms with E-state index in [2.05, 4.69) is 5.32 Å². The first-order valence-corrected chi connectivity index (χ1v) is 5.81. The van der Waals surface area contributed by atoms with E-state index in [-0.39, 0.29) is 11.6 Å². The molecule has 0 spiro atoms. The smallest absolute Gasteiger partial charge is 0.342 e. The van der Waals surface area contributed by atoms with Crippen molar-refractivity contribution in [3.8, 4) is 0 Å². The Morgan fingerprint density at radius 2 is 2.26 bits per heavy atom. The Labute approximate surface area is 110 Å². The molecule has 0 radical (unpaired) electrons. The van der Waals surface area contributed by atoms with Gasteiger partial charge in [0.05, 0.1) is 11.5 Å². The Kier molecular flexibility index (Phi) is 5.25. The van der Waals surface area contributed by atoms with Crippen LogP contribution >= 0.6 is 0 Å². The number of hydrogen-bond acceptors (Lipinski definition) is 5. The molecule has 0 aromatic heterocycles. The molecule has 1 aromatic carbocycles. The number of hydrogen-bond donors (Lipinski definition) is 2. The third-order valence-electron chi connectivity index (χ3n) is 2.41. The number of nitrogens with one attached hydrogen (secondary N) is 1. The topological polar surface area (TPSA) is 102 Å². The minimum absolute atomic E-state index is 0.0322. The summed E-state index contributed by atoms with van der Waals surface area (Å²) >= 11 is 0. The molecule has 1 rings (SSSR count). The number of rotatable bonds is 7. The van der Waals surface area contributed by atoms with Gasteiger partial charge in [0.2, 0.25) is 0 Å². The van der Waals surface area contributed by atoms with Crippen LogP contribution in [0.5, 0.6) is 0 Å². The second-order valence-electron chi connectivity index (χ2n) is 4.00. The number of anilines is 1. The Morgan fingerprint density at radius 1 is 1.58 bits per heavy atom. The zero-order valence-electron chi connectivity index (χ0n) is 10.8. The Morgan fingerprint density at radius 3 is 2.79 bits per heavy atom. The molecule has 0 amide bonds. The van der Waals surface area contributed by atoms with Crippen LogP contribution in [0.2, 0.25) is 0 Å². The van der Waals surface area contributed by atoms with E-state index >= 15 is 0 Å². The van der Waals surface area contributed by atoms with Gasteiger partial charge in [0.25, 0.3) is 5.69 Å². The molecule has 0 saturated carbocycles. The van der Waals surface area contributed by atoms with Crippen LogP contribution in [0.4, 0.5) is 11.4 Å². The van der Waals surface area contributed by atoms with E-state index in [0.29, 0.717) is 18.9 Å². The summed E-state index contributed by atoms with van der Waals surface area (Å²) in [5, 5.41) is 22.7. The average molecular weight is 268 g/mol. The van der Waals surface area contributed by atoms with Gasteiger partial charge in [0.1, 0.15) is 5.56 Å². The fourth-order valence-corrected chi connectivity index (χ4v) is 1.57. The van der Waals surface area contributed by atoms with Gasteiger partial charge in [-0.05, 0) is 26.0 Å². The fraction of sp³-hybridized carbons (Fsp3) is 0.417. The number of carbonyl (C=O) groups is 1. The maximum absolute atomic E-state index is 10.9. The summed E-state index contributed by atoms with van der Waals surface area (Å²) in [7, 11) is 0. The SMILES string of the molecule is CCOCC(C)Nc1ccc(C(=O)O)c([N+](=O)[O-])c1. The lowest BCUT2D eigenvalue weighted by atomic mass is 10.1. The predicted octanol–water partition coefficient (Wildman–Crippen LogP) is 2.13. The third-order valence-corrected chi connectivity index (χ3v) is 2.41. The molecule has 7 heteroatoms. The number of nitrogens with zero attached hydrogens (tertiary/aromatic N) is 1. The highest BCUT2D eigenvalue weighted by atomic mass is 16.6. The number of aromatic carboxylic acids is 1. The van der Waals surface area contributed by atoms with Gasteiger partial charge in [-0.3, -0.25) is 10.1 Å². The van der Waals surface area contributed by atoms with Crippen LogP contribution in [0.15, 0.2) is 18.2 Å². The first-order valence-electron chi connectivity index (χ1n) is 5.81. The van der Waals surface area contributed by atoms with Crippen molar-refractivity contribution >= 4 is 17.3 Å². The predicted molar refractivity (Wildman–Crippen MR) is 69.6 cm³/mol. The molecule has 1 aromatic rings. The zero-order chi connectivity index (χ0) is 14.4. The monoisotopic (exact) mass is 268 g/mol. The second-order valence-corrected chi connectivity index (χ2v) is 4.00. The van der Waals surface area contributed by atoms with Gasteiger partial charge in [-0.15, -0.1) is 0 Å². The lowest BCUT2D eigenvalue weighted by molar-refractivity contribution is -0.385. The van der Waals surface area contributed by atoms with Crippen LogP contribution in [-0.4, -0.2) is 35.3 Å². The quantitative estimate of drug-likeness (QED) is 0.580. The molecular weight excluding hydrogens is 252 g/mol. The van der Waals surface area contributed by atoms with E-state index in [1.165, 1.54) is 18.2 Å². The van der Waals surface area contributed by atoms with E-state index in [1.807, 2.05) is 13.8 Å². The average Bonchev–Trinajstić information content (AvgIpc) is 2.35. The molecular formula is C12H16N2O5. The van der Waals surface area contributed by atoms with Gasteiger partial charge >= 0.3 is 5.97 Å². The van der Waals surface area contributed by atoms with Crippen molar-refractivity contribution in [1.82, 2.24) is 0 Å². The summed E-state index contributed by atoms with van der Waals surface area (Å²) < 4.78 is 5.22. The van der Waals surface area contributed by atoms with Gasteiger partial charge in [-0.25, -0.2) is 4.79 Å². The largest absolute Gasteiger partial charge is 0.477 e. The Hall–Kier alpha value is -2.15. The van der Waals surface area contributed by atoms with Gasteiger partial charge in [0.15, 0.2) is 0 Å². The summed E-state index contributed by atoms with van der Waals surface area (Å²) in [4.78, 5) is 21.0. The highest BCUT2D eigenvalue weighted by Gasteiger charge is 2.20. The van der Waals surface area contributed by atoms with Crippen LogP contribution in [0, 0.1) is 10.1 Å². The molecule has 7 nitrogen and oxygen atoms in total. The van der Waals surface area contributed by atoms with E-state index in [4.69, 9.17) is 9.84 Å². The highest BCUT2D eigenvalue weighted by molar-refractivity contribution is 5.93. The van der Waals surface area contributed by atoms with Crippen molar-refractivity contribution in [2.24, 2.45) is 0 Å². The first-order chi connectivity index (χ1) is 8.95. The molecule has 0 aliphatic heterocycles. The standard InChI is InChI=1S/C12H16N2O5/c1-3-19-7-8(2)13-9-4-5-10(12(15)16)11(6-9)14(17)18/h4-6,8,13H,3,7H2,1-2H3,(H,15,16). The number of nitro groups is 1. The minimum Gasteiger partial charge on any atom is -0.477 e. The highest BCUT2D eigenvalue weighted by Crippen LogP contribution is 2.23.